The summed E-state index contributed by atoms with van der Waals surface area (Å²) < 4.78 is 5.50. The Hall–Kier alpha value is -1.66. The summed E-state index contributed by atoms with van der Waals surface area (Å²) >= 11 is 4.66. The summed E-state index contributed by atoms with van der Waals surface area (Å²) in [7, 11) is 1.33. The number of thiophene rings is 1. The van der Waals surface area contributed by atoms with Gasteiger partial charge in [-0.05, 0) is 52.3 Å². The van der Waals surface area contributed by atoms with Crippen LogP contribution in [-0.2, 0) is 4.74 Å². The second kappa shape index (κ2) is 5.99. The first-order valence-electron chi connectivity index (χ1n) is 5.35. The van der Waals surface area contributed by atoms with E-state index in [-0.39, 0.29) is 5.91 Å². The van der Waals surface area contributed by atoms with Gasteiger partial charge in [0, 0.05) is 5.69 Å². The zero-order valence-corrected chi connectivity index (χ0v) is 12.4. The molecule has 4 nitrogen and oxygen atoms in total. The smallest absolute Gasteiger partial charge is 0.337 e. The van der Waals surface area contributed by atoms with Crippen molar-refractivity contribution in [2.45, 2.75) is 0 Å². The molecule has 0 fully saturated rings. The van der Waals surface area contributed by atoms with Gasteiger partial charge in [0.25, 0.3) is 5.91 Å². The third kappa shape index (κ3) is 3.42. The number of hydrogen-bond donors (Lipinski definition) is 1. The van der Waals surface area contributed by atoms with Gasteiger partial charge in [-0.2, -0.15) is 0 Å². The Morgan fingerprint density at radius 3 is 2.37 bits per heavy atom. The summed E-state index contributed by atoms with van der Waals surface area (Å²) in [6, 6.07) is 10.1. The monoisotopic (exact) mass is 339 g/mol. The molecule has 6 heteroatoms. The van der Waals surface area contributed by atoms with Crippen LogP contribution in [-0.4, -0.2) is 19.0 Å². The van der Waals surface area contributed by atoms with Crippen molar-refractivity contribution in [3.8, 4) is 0 Å². The zero-order valence-electron chi connectivity index (χ0n) is 9.98. The number of amides is 1. The van der Waals surface area contributed by atoms with E-state index in [1.807, 2.05) is 6.07 Å². The van der Waals surface area contributed by atoms with E-state index in [4.69, 9.17) is 0 Å². The fraction of sp³-hybridized carbons (Fsp3) is 0.0769. The highest BCUT2D eigenvalue weighted by Gasteiger charge is 2.09. The number of methoxy groups -OCH3 is 1. The van der Waals surface area contributed by atoms with Crippen LogP contribution in [0.1, 0.15) is 20.0 Å². The van der Waals surface area contributed by atoms with Gasteiger partial charge in [-0.3, -0.25) is 4.79 Å². The van der Waals surface area contributed by atoms with E-state index in [2.05, 4.69) is 26.0 Å². The SMILES string of the molecule is COC(=O)c1ccc(NC(=O)c2ccc(Br)s2)cc1. The molecule has 0 aliphatic carbocycles. The van der Waals surface area contributed by atoms with Gasteiger partial charge < -0.3 is 10.1 Å². The first-order valence-corrected chi connectivity index (χ1v) is 6.96. The van der Waals surface area contributed by atoms with Crippen LogP contribution in [0.25, 0.3) is 0 Å². The summed E-state index contributed by atoms with van der Waals surface area (Å²) in [5, 5.41) is 2.75. The first kappa shape index (κ1) is 13.8. The third-order valence-electron chi connectivity index (χ3n) is 2.36. The van der Waals surface area contributed by atoms with E-state index in [0.717, 1.165) is 3.79 Å². The predicted molar refractivity (Wildman–Crippen MR) is 77.8 cm³/mol. The molecule has 1 aromatic carbocycles. The summed E-state index contributed by atoms with van der Waals surface area (Å²) in [5.41, 5.74) is 1.07. The number of carbonyl (C=O) groups is 2. The molecule has 1 amide bonds. The lowest BCUT2D eigenvalue weighted by Gasteiger charge is -2.04. The molecule has 0 saturated heterocycles. The van der Waals surface area contributed by atoms with Crippen molar-refractivity contribution in [3.05, 3.63) is 50.6 Å². The van der Waals surface area contributed by atoms with Gasteiger partial charge in [-0.25, -0.2) is 4.79 Å². The second-order valence-corrected chi connectivity index (χ2v) is 6.09. The topological polar surface area (TPSA) is 55.4 Å². The number of hydrogen-bond acceptors (Lipinski definition) is 4. The molecule has 0 spiro atoms. The molecule has 1 N–H and O–H groups in total. The molecule has 98 valence electrons. The number of benzene rings is 1. The number of anilines is 1. The number of halogens is 1. The van der Waals surface area contributed by atoms with Crippen LogP contribution < -0.4 is 5.32 Å². The van der Waals surface area contributed by atoms with Gasteiger partial charge in [0.2, 0.25) is 0 Å². The highest BCUT2D eigenvalue weighted by atomic mass is 79.9. The van der Waals surface area contributed by atoms with Gasteiger partial charge in [0.05, 0.1) is 21.3 Å². The fourth-order valence-corrected chi connectivity index (χ4v) is 2.72. The molecule has 2 rings (SSSR count). The van der Waals surface area contributed by atoms with E-state index in [1.165, 1.54) is 18.4 Å². The van der Waals surface area contributed by atoms with Crippen molar-refractivity contribution < 1.29 is 14.3 Å². The Bertz CT molecular complexity index is 607. The van der Waals surface area contributed by atoms with Crippen LogP contribution in [0.2, 0.25) is 0 Å². The van der Waals surface area contributed by atoms with Crippen molar-refractivity contribution in [1.82, 2.24) is 0 Å². The summed E-state index contributed by atoms with van der Waals surface area (Å²) in [4.78, 5) is 23.8. The minimum Gasteiger partial charge on any atom is -0.465 e. The van der Waals surface area contributed by atoms with E-state index >= 15 is 0 Å². The highest BCUT2D eigenvalue weighted by Crippen LogP contribution is 2.23. The lowest BCUT2D eigenvalue weighted by molar-refractivity contribution is 0.0600. The maximum absolute atomic E-state index is 11.9. The maximum atomic E-state index is 11.9. The van der Waals surface area contributed by atoms with E-state index in [0.29, 0.717) is 16.1 Å². The van der Waals surface area contributed by atoms with Crippen LogP contribution in [0.15, 0.2) is 40.2 Å². The largest absolute Gasteiger partial charge is 0.465 e. The van der Waals surface area contributed by atoms with Crippen molar-refractivity contribution in [3.63, 3.8) is 0 Å². The molecular weight excluding hydrogens is 330 g/mol. The molecule has 0 atom stereocenters. The molecule has 1 aromatic heterocycles. The number of esters is 1. The Labute approximate surface area is 122 Å². The number of rotatable bonds is 3. The molecule has 2 aromatic rings. The molecule has 0 aliphatic rings. The Balaban J connectivity index is 2.07. The third-order valence-corrected chi connectivity index (χ3v) is 3.98. The van der Waals surface area contributed by atoms with Crippen molar-refractivity contribution in [2.24, 2.45) is 0 Å². The van der Waals surface area contributed by atoms with E-state index < -0.39 is 5.97 Å². The van der Waals surface area contributed by atoms with Gasteiger partial charge >= 0.3 is 5.97 Å². The molecule has 19 heavy (non-hydrogen) atoms. The van der Waals surface area contributed by atoms with Crippen molar-refractivity contribution in [1.29, 1.82) is 0 Å². The van der Waals surface area contributed by atoms with Gasteiger partial charge in [0.1, 0.15) is 0 Å². The van der Waals surface area contributed by atoms with Crippen molar-refractivity contribution in [2.75, 3.05) is 12.4 Å². The Morgan fingerprint density at radius 2 is 1.84 bits per heavy atom. The predicted octanol–water partition coefficient (Wildman–Crippen LogP) is 3.55. The molecule has 0 aliphatic heterocycles. The van der Waals surface area contributed by atoms with E-state index in [9.17, 15) is 9.59 Å². The first-order chi connectivity index (χ1) is 9.10. The Morgan fingerprint density at radius 1 is 1.16 bits per heavy atom. The van der Waals surface area contributed by atoms with Crippen molar-refractivity contribution >= 4 is 44.8 Å². The molecule has 0 radical (unpaired) electrons. The minimum atomic E-state index is -0.403. The molecule has 1 heterocycles. The lowest BCUT2D eigenvalue weighted by atomic mass is 10.2. The lowest BCUT2D eigenvalue weighted by Crippen LogP contribution is -2.10. The van der Waals surface area contributed by atoms with E-state index in [1.54, 1.807) is 30.3 Å². The fourth-order valence-electron chi connectivity index (χ4n) is 1.44. The highest BCUT2D eigenvalue weighted by molar-refractivity contribution is 9.11. The summed E-state index contributed by atoms with van der Waals surface area (Å²) in [5.74, 6) is -0.582. The van der Waals surface area contributed by atoms with Crippen LogP contribution in [0.5, 0.6) is 0 Å². The van der Waals surface area contributed by atoms with Gasteiger partial charge in [-0.1, -0.05) is 0 Å². The molecule has 0 saturated carbocycles. The van der Waals surface area contributed by atoms with Crippen LogP contribution in [0, 0.1) is 0 Å². The molecule has 0 bridgehead atoms. The van der Waals surface area contributed by atoms with Crippen LogP contribution in [0.3, 0.4) is 0 Å². The average molecular weight is 340 g/mol. The number of nitrogens with one attached hydrogen (secondary N) is 1. The summed E-state index contributed by atoms with van der Waals surface area (Å²) in [6.45, 7) is 0. The molecule has 0 unspecified atom stereocenters. The average Bonchev–Trinajstić information content (AvgIpc) is 2.85. The van der Waals surface area contributed by atoms with Gasteiger partial charge in [0.15, 0.2) is 0 Å². The summed E-state index contributed by atoms with van der Waals surface area (Å²) in [6.07, 6.45) is 0. The van der Waals surface area contributed by atoms with Crippen LogP contribution >= 0.6 is 27.3 Å². The standard InChI is InChI=1S/C13H10BrNO3S/c1-18-13(17)8-2-4-9(5-3-8)15-12(16)10-6-7-11(14)19-10/h2-7H,1H3,(H,15,16). The number of carbonyl (C=O) groups excluding carboxylic acids is 2. The number of ether oxygens (including phenoxy) is 1. The zero-order chi connectivity index (χ0) is 13.8. The normalized spacial score (nSPS) is 10.0. The quantitative estimate of drug-likeness (QED) is 0.870. The van der Waals surface area contributed by atoms with Crippen LogP contribution in [0.4, 0.5) is 5.69 Å². The minimum absolute atomic E-state index is 0.179. The molecular formula is C13H10BrNO3S. The Kier molecular flexibility index (Phi) is 4.34. The van der Waals surface area contributed by atoms with Gasteiger partial charge in [-0.15, -0.1) is 11.3 Å². The maximum Gasteiger partial charge on any atom is 0.337 e. The second-order valence-electron chi connectivity index (χ2n) is 3.63.